The zero-order chi connectivity index (χ0) is 13.7. The molecule has 0 bridgehead atoms. The molecule has 0 aromatic heterocycles. The Morgan fingerprint density at radius 2 is 2.16 bits per heavy atom. The van der Waals surface area contributed by atoms with E-state index in [1.807, 2.05) is 18.2 Å². The van der Waals surface area contributed by atoms with E-state index in [9.17, 15) is 5.11 Å². The van der Waals surface area contributed by atoms with Gasteiger partial charge in [-0.3, -0.25) is 0 Å². The molecule has 0 saturated heterocycles. The van der Waals surface area contributed by atoms with Gasteiger partial charge in [-0.2, -0.15) is 5.26 Å². The number of hydrogen-bond donors (Lipinski definition) is 2. The molecule has 3 heteroatoms. The maximum Gasteiger partial charge on any atom is 0.0991 e. The van der Waals surface area contributed by atoms with Crippen LogP contribution >= 0.6 is 0 Å². The van der Waals surface area contributed by atoms with Gasteiger partial charge in [-0.1, -0.05) is 19.1 Å². The fourth-order valence-corrected chi connectivity index (χ4v) is 2.67. The van der Waals surface area contributed by atoms with Gasteiger partial charge in [-0.15, -0.1) is 0 Å². The average molecular weight is 258 g/mol. The first kappa shape index (κ1) is 14.0. The highest BCUT2D eigenvalue weighted by atomic mass is 16.3. The Balaban J connectivity index is 1.81. The number of aliphatic hydroxyl groups is 1. The van der Waals surface area contributed by atoms with E-state index < -0.39 is 5.60 Å². The summed E-state index contributed by atoms with van der Waals surface area (Å²) in [5.74, 6) is 0.743. The molecule has 2 N–H and O–H groups in total. The highest BCUT2D eigenvalue weighted by molar-refractivity contribution is 5.32. The van der Waals surface area contributed by atoms with Crippen molar-refractivity contribution in [2.24, 2.45) is 5.92 Å². The summed E-state index contributed by atoms with van der Waals surface area (Å²) in [7, 11) is 0. The maximum absolute atomic E-state index is 10.5. The van der Waals surface area contributed by atoms with Crippen LogP contribution in [-0.2, 0) is 6.54 Å². The molecule has 1 aliphatic rings. The van der Waals surface area contributed by atoms with E-state index in [4.69, 9.17) is 5.26 Å². The zero-order valence-electron chi connectivity index (χ0n) is 11.5. The van der Waals surface area contributed by atoms with Gasteiger partial charge in [0.05, 0.1) is 17.2 Å². The molecule has 0 aliphatic heterocycles. The molecule has 0 spiro atoms. The molecule has 3 nitrogen and oxygen atoms in total. The summed E-state index contributed by atoms with van der Waals surface area (Å²) in [6, 6.07) is 9.73. The van der Waals surface area contributed by atoms with Crippen molar-refractivity contribution in [1.29, 1.82) is 5.26 Å². The lowest BCUT2D eigenvalue weighted by molar-refractivity contribution is -0.00630. The highest BCUT2D eigenvalue weighted by Gasteiger charge is 2.31. The molecular formula is C16H22N2O. The minimum atomic E-state index is -0.542. The first-order chi connectivity index (χ1) is 9.11. The van der Waals surface area contributed by atoms with Crippen molar-refractivity contribution < 1.29 is 5.11 Å². The van der Waals surface area contributed by atoms with Crippen molar-refractivity contribution in [2.75, 3.05) is 6.54 Å². The zero-order valence-corrected chi connectivity index (χ0v) is 11.5. The van der Waals surface area contributed by atoms with Gasteiger partial charge in [0.15, 0.2) is 0 Å². The van der Waals surface area contributed by atoms with E-state index in [0.717, 1.165) is 37.2 Å². The Kier molecular flexibility index (Phi) is 4.57. The van der Waals surface area contributed by atoms with Crippen LogP contribution in [0, 0.1) is 17.2 Å². The van der Waals surface area contributed by atoms with Crippen LogP contribution in [0.1, 0.15) is 43.7 Å². The lowest BCUT2D eigenvalue weighted by Gasteiger charge is -2.35. The van der Waals surface area contributed by atoms with Gasteiger partial charge in [0.2, 0.25) is 0 Å². The molecule has 0 radical (unpaired) electrons. The Labute approximate surface area is 115 Å². The molecule has 1 fully saturated rings. The van der Waals surface area contributed by atoms with Crippen LogP contribution in [0.5, 0.6) is 0 Å². The topological polar surface area (TPSA) is 56.0 Å². The summed E-state index contributed by atoms with van der Waals surface area (Å²) in [6.07, 6.45) is 4.00. The molecule has 0 unspecified atom stereocenters. The van der Waals surface area contributed by atoms with Crippen molar-refractivity contribution in [2.45, 2.75) is 44.8 Å². The summed E-state index contributed by atoms with van der Waals surface area (Å²) >= 11 is 0. The van der Waals surface area contributed by atoms with Crippen molar-refractivity contribution >= 4 is 0 Å². The van der Waals surface area contributed by atoms with Crippen molar-refractivity contribution in [1.82, 2.24) is 5.32 Å². The smallest absolute Gasteiger partial charge is 0.0991 e. The molecule has 1 saturated carbocycles. The second kappa shape index (κ2) is 6.18. The maximum atomic E-state index is 10.5. The first-order valence-electron chi connectivity index (χ1n) is 7.03. The molecule has 1 aromatic rings. The summed E-state index contributed by atoms with van der Waals surface area (Å²) < 4.78 is 0. The molecule has 2 rings (SSSR count). The summed E-state index contributed by atoms with van der Waals surface area (Å²) in [5.41, 5.74) is 1.23. The predicted octanol–water partition coefficient (Wildman–Crippen LogP) is 2.59. The SMILES string of the molecule is CC1CCC(O)(CNCc2cccc(C#N)c2)CC1. The van der Waals surface area contributed by atoms with Crippen LogP contribution in [0.25, 0.3) is 0 Å². The summed E-state index contributed by atoms with van der Waals surface area (Å²) in [6.45, 7) is 3.59. The van der Waals surface area contributed by atoms with E-state index in [-0.39, 0.29) is 0 Å². The van der Waals surface area contributed by atoms with Crippen molar-refractivity contribution in [3.05, 3.63) is 35.4 Å². The number of nitriles is 1. The Morgan fingerprint density at radius 1 is 1.42 bits per heavy atom. The van der Waals surface area contributed by atoms with Crippen LogP contribution in [0.2, 0.25) is 0 Å². The van der Waals surface area contributed by atoms with Crippen LogP contribution in [0.4, 0.5) is 0 Å². The minimum Gasteiger partial charge on any atom is -0.389 e. The Morgan fingerprint density at radius 3 is 2.84 bits per heavy atom. The fourth-order valence-electron chi connectivity index (χ4n) is 2.67. The minimum absolute atomic E-state index is 0.542. The number of benzene rings is 1. The van der Waals surface area contributed by atoms with Crippen molar-refractivity contribution in [3.63, 3.8) is 0 Å². The van der Waals surface area contributed by atoms with E-state index in [0.29, 0.717) is 18.7 Å². The second-order valence-electron chi connectivity index (χ2n) is 5.82. The van der Waals surface area contributed by atoms with Gasteiger partial charge in [0.25, 0.3) is 0 Å². The molecule has 1 aromatic carbocycles. The lowest BCUT2D eigenvalue weighted by Crippen LogP contribution is -2.43. The molecular weight excluding hydrogens is 236 g/mol. The molecule has 0 amide bonds. The van der Waals surface area contributed by atoms with Gasteiger partial charge in [-0.05, 0) is 49.3 Å². The number of nitrogens with one attached hydrogen (secondary N) is 1. The van der Waals surface area contributed by atoms with Crippen LogP contribution in [-0.4, -0.2) is 17.3 Å². The Hall–Kier alpha value is -1.37. The normalized spacial score (nSPS) is 26.9. The monoisotopic (exact) mass is 258 g/mol. The lowest BCUT2D eigenvalue weighted by atomic mass is 9.79. The predicted molar refractivity (Wildman–Crippen MR) is 75.4 cm³/mol. The third-order valence-electron chi connectivity index (χ3n) is 4.04. The number of hydrogen-bond acceptors (Lipinski definition) is 3. The first-order valence-corrected chi connectivity index (χ1v) is 7.03. The molecule has 0 atom stereocenters. The quantitative estimate of drug-likeness (QED) is 0.872. The third kappa shape index (κ3) is 4.05. The van der Waals surface area contributed by atoms with E-state index in [1.54, 1.807) is 6.07 Å². The van der Waals surface area contributed by atoms with E-state index >= 15 is 0 Å². The number of rotatable bonds is 4. The molecule has 1 aliphatic carbocycles. The standard InChI is InChI=1S/C16H22N2O/c1-13-5-7-16(19,8-6-13)12-18-11-15-4-2-3-14(9-15)10-17/h2-4,9,13,18-19H,5-8,11-12H2,1H3. The largest absolute Gasteiger partial charge is 0.389 e. The van der Waals surface area contributed by atoms with Gasteiger partial charge in [0, 0.05) is 13.1 Å². The number of nitrogens with zero attached hydrogens (tertiary/aromatic N) is 1. The fraction of sp³-hybridized carbons (Fsp3) is 0.562. The van der Waals surface area contributed by atoms with E-state index in [1.165, 1.54) is 0 Å². The second-order valence-corrected chi connectivity index (χ2v) is 5.82. The average Bonchev–Trinajstić information content (AvgIpc) is 2.43. The third-order valence-corrected chi connectivity index (χ3v) is 4.04. The highest BCUT2D eigenvalue weighted by Crippen LogP contribution is 2.31. The summed E-state index contributed by atoms with van der Waals surface area (Å²) in [4.78, 5) is 0. The molecule has 19 heavy (non-hydrogen) atoms. The van der Waals surface area contributed by atoms with E-state index in [2.05, 4.69) is 18.3 Å². The van der Waals surface area contributed by atoms with Crippen LogP contribution in [0.15, 0.2) is 24.3 Å². The van der Waals surface area contributed by atoms with Gasteiger partial charge >= 0.3 is 0 Å². The Bertz CT molecular complexity index is 456. The van der Waals surface area contributed by atoms with Gasteiger partial charge in [0.1, 0.15) is 0 Å². The molecule has 102 valence electrons. The van der Waals surface area contributed by atoms with Crippen LogP contribution < -0.4 is 5.32 Å². The van der Waals surface area contributed by atoms with Gasteiger partial charge < -0.3 is 10.4 Å². The van der Waals surface area contributed by atoms with Crippen LogP contribution in [0.3, 0.4) is 0 Å². The summed E-state index contributed by atoms with van der Waals surface area (Å²) in [5, 5.41) is 22.6. The van der Waals surface area contributed by atoms with Gasteiger partial charge in [-0.25, -0.2) is 0 Å². The van der Waals surface area contributed by atoms with Crippen molar-refractivity contribution in [3.8, 4) is 6.07 Å². The molecule has 0 heterocycles.